The number of benzene rings is 1. The normalized spacial score (nSPS) is 20.7. The molecular weight excluding hydrogens is 348 g/mol. The van der Waals surface area contributed by atoms with Crippen LogP contribution in [0.25, 0.3) is 10.2 Å². The summed E-state index contributed by atoms with van der Waals surface area (Å²) in [5.41, 5.74) is 0.921. The first-order valence-corrected chi connectivity index (χ1v) is 10.5. The lowest BCUT2D eigenvalue weighted by Crippen LogP contribution is -2.40. The van der Waals surface area contributed by atoms with E-state index in [0.717, 1.165) is 66.2 Å². The lowest BCUT2D eigenvalue weighted by molar-refractivity contribution is -0.122. The first-order valence-electron chi connectivity index (χ1n) is 9.71. The molecular formula is C20H26N2O3S. The van der Waals surface area contributed by atoms with Crippen molar-refractivity contribution in [3.05, 3.63) is 18.2 Å². The number of anilines is 1. The number of hydrogen-bond acceptors (Lipinski definition) is 5. The molecule has 2 heterocycles. The van der Waals surface area contributed by atoms with Crippen LogP contribution in [0.3, 0.4) is 0 Å². The summed E-state index contributed by atoms with van der Waals surface area (Å²) >= 11 is 1.57. The van der Waals surface area contributed by atoms with Crippen LogP contribution in [0.5, 0.6) is 5.75 Å². The highest BCUT2D eigenvalue weighted by Gasteiger charge is 2.32. The van der Waals surface area contributed by atoms with Gasteiger partial charge in [-0.2, -0.15) is 0 Å². The number of thiazole rings is 1. The second-order valence-electron chi connectivity index (χ2n) is 7.12. The minimum Gasteiger partial charge on any atom is -0.494 e. The fourth-order valence-corrected chi connectivity index (χ4v) is 4.92. The lowest BCUT2D eigenvalue weighted by atomic mass is 10.1. The van der Waals surface area contributed by atoms with Crippen LogP contribution < -0.4 is 9.64 Å². The molecule has 1 unspecified atom stereocenters. The number of nitrogens with zero attached hydrogens (tertiary/aromatic N) is 2. The number of aromatic nitrogens is 1. The maximum absolute atomic E-state index is 13.2. The van der Waals surface area contributed by atoms with E-state index in [-0.39, 0.29) is 17.9 Å². The Morgan fingerprint density at radius 1 is 1.31 bits per heavy atom. The van der Waals surface area contributed by atoms with Crippen LogP contribution in [0.15, 0.2) is 18.2 Å². The molecule has 26 heavy (non-hydrogen) atoms. The molecule has 4 rings (SSSR count). The van der Waals surface area contributed by atoms with Gasteiger partial charge in [0.1, 0.15) is 5.75 Å². The largest absolute Gasteiger partial charge is 0.494 e. The van der Waals surface area contributed by atoms with Crippen molar-refractivity contribution >= 4 is 32.6 Å². The summed E-state index contributed by atoms with van der Waals surface area (Å²) in [7, 11) is 0. The topological polar surface area (TPSA) is 51.7 Å². The van der Waals surface area contributed by atoms with E-state index < -0.39 is 0 Å². The summed E-state index contributed by atoms with van der Waals surface area (Å²) in [5, 5.41) is 0.793. The van der Waals surface area contributed by atoms with Crippen molar-refractivity contribution in [2.75, 3.05) is 24.7 Å². The van der Waals surface area contributed by atoms with E-state index in [1.807, 2.05) is 30.0 Å². The fourth-order valence-electron chi connectivity index (χ4n) is 3.91. The molecule has 2 aromatic rings. The first-order chi connectivity index (χ1) is 12.7. The maximum atomic E-state index is 13.2. The predicted molar refractivity (Wildman–Crippen MR) is 104 cm³/mol. The zero-order chi connectivity index (χ0) is 17.9. The molecule has 1 saturated carbocycles. The van der Waals surface area contributed by atoms with Crippen LogP contribution in [0.1, 0.15) is 45.4 Å². The third-order valence-electron chi connectivity index (χ3n) is 5.27. The molecule has 1 amide bonds. The number of amides is 1. The Hall–Kier alpha value is -1.66. The fraction of sp³-hybridized carbons (Fsp3) is 0.600. The van der Waals surface area contributed by atoms with Crippen molar-refractivity contribution in [1.82, 2.24) is 4.98 Å². The predicted octanol–water partition coefficient (Wildman–Crippen LogP) is 4.40. The molecule has 0 radical (unpaired) electrons. The van der Waals surface area contributed by atoms with Gasteiger partial charge in [0.25, 0.3) is 0 Å². The van der Waals surface area contributed by atoms with E-state index in [2.05, 4.69) is 0 Å². The Morgan fingerprint density at radius 3 is 2.88 bits per heavy atom. The Balaban J connectivity index is 1.62. The molecule has 0 bridgehead atoms. The van der Waals surface area contributed by atoms with Crippen molar-refractivity contribution in [3.63, 3.8) is 0 Å². The minimum atomic E-state index is 0.131. The van der Waals surface area contributed by atoms with Gasteiger partial charge in [0.05, 0.1) is 29.5 Å². The summed E-state index contributed by atoms with van der Waals surface area (Å²) in [5.74, 6) is 1.22. The van der Waals surface area contributed by atoms with Crippen LogP contribution in [-0.4, -0.2) is 36.8 Å². The van der Waals surface area contributed by atoms with Gasteiger partial charge in [-0.05, 0) is 50.8 Å². The lowest BCUT2D eigenvalue weighted by Gasteiger charge is -2.25. The third kappa shape index (κ3) is 3.71. The highest BCUT2D eigenvalue weighted by molar-refractivity contribution is 7.22. The van der Waals surface area contributed by atoms with E-state index in [4.69, 9.17) is 14.5 Å². The highest BCUT2D eigenvalue weighted by Crippen LogP contribution is 2.35. The molecule has 0 N–H and O–H groups in total. The van der Waals surface area contributed by atoms with Gasteiger partial charge in [-0.15, -0.1) is 0 Å². The van der Waals surface area contributed by atoms with Crippen LogP contribution in [-0.2, 0) is 9.53 Å². The monoisotopic (exact) mass is 374 g/mol. The number of carbonyl (C=O) groups is 1. The number of carbonyl (C=O) groups excluding carboxylic acids is 1. The summed E-state index contributed by atoms with van der Waals surface area (Å²) in [6, 6.07) is 5.94. The summed E-state index contributed by atoms with van der Waals surface area (Å²) in [4.78, 5) is 19.9. The minimum absolute atomic E-state index is 0.131. The Kier molecular flexibility index (Phi) is 5.41. The molecule has 1 atom stereocenters. The number of hydrogen-bond donors (Lipinski definition) is 0. The average Bonchev–Trinajstić information content (AvgIpc) is 3.39. The molecule has 0 spiro atoms. The van der Waals surface area contributed by atoms with Crippen molar-refractivity contribution in [2.24, 2.45) is 5.92 Å². The molecule has 1 aromatic heterocycles. The van der Waals surface area contributed by atoms with E-state index in [9.17, 15) is 4.79 Å². The number of fused-ring (bicyclic) bond motifs is 1. The van der Waals surface area contributed by atoms with Crippen LogP contribution in [0.4, 0.5) is 5.13 Å². The molecule has 1 aliphatic carbocycles. The van der Waals surface area contributed by atoms with Gasteiger partial charge < -0.3 is 9.47 Å². The van der Waals surface area contributed by atoms with E-state index >= 15 is 0 Å². The van der Waals surface area contributed by atoms with Crippen molar-refractivity contribution in [1.29, 1.82) is 0 Å². The van der Waals surface area contributed by atoms with Crippen LogP contribution in [0.2, 0.25) is 0 Å². The van der Waals surface area contributed by atoms with Crippen molar-refractivity contribution < 1.29 is 14.3 Å². The van der Waals surface area contributed by atoms with Crippen LogP contribution >= 0.6 is 11.3 Å². The molecule has 140 valence electrons. The van der Waals surface area contributed by atoms with Gasteiger partial charge in [0, 0.05) is 12.5 Å². The van der Waals surface area contributed by atoms with Gasteiger partial charge in [0.15, 0.2) is 5.13 Å². The first kappa shape index (κ1) is 17.7. The van der Waals surface area contributed by atoms with E-state index in [1.165, 1.54) is 0 Å². The molecule has 2 fully saturated rings. The van der Waals surface area contributed by atoms with Gasteiger partial charge in [-0.25, -0.2) is 4.98 Å². The average molecular weight is 375 g/mol. The Morgan fingerprint density at radius 2 is 2.15 bits per heavy atom. The van der Waals surface area contributed by atoms with Crippen LogP contribution in [0, 0.1) is 5.92 Å². The maximum Gasteiger partial charge on any atom is 0.231 e. The standard InChI is InChI=1S/C20H26N2O3S/c1-2-24-15-9-10-17-18(12-15)26-20(21-17)22(13-16-8-5-11-25-16)19(23)14-6-3-4-7-14/h9-10,12,14,16H,2-8,11,13H2,1H3. The van der Waals surface area contributed by atoms with Crippen molar-refractivity contribution in [3.8, 4) is 5.75 Å². The van der Waals surface area contributed by atoms with E-state index in [0.29, 0.717) is 13.2 Å². The zero-order valence-electron chi connectivity index (χ0n) is 15.3. The molecule has 2 aliphatic rings. The third-order valence-corrected chi connectivity index (χ3v) is 6.31. The second-order valence-corrected chi connectivity index (χ2v) is 8.13. The number of ether oxygens (including phenoxy) is 2. The SMILES string of the molecule is CCOc1ccc2nc(N(CC3CCCO3)C(=O)C3CCCC3)sc2c1. The van der Waals surface area contributed by atoms with Gasteiger partial charge in [-0.3, -0.25) is 9.69 Å². The molecule has 1 aromatic carbocycles. The summed E-state index contributed by atoms with van der Waals surface area (Å²) in [6.45, 7) is 4.04. The number of rotatable bonds is 6. The Bertz CT molecular complexity index is 764. The van der Waals surface area contributed by atoms with Crippen molar-refractivity contribution in [2.45, 2.75) is 51.6 Å². The van der Waals surface area contributed by atoms with Gasteiger partial charge in [0.2, 0.25) is 5.91 Å². The smallest absolute Gasteiger partial charge is 0.231 e. The summed E-state index contributed by atoms with van der Waals surface area (Å²) < 4.78 is 12.5. The summed E-state index contributed by atoms with van der Waals surface area (Å²) in [6.07, 6.45) is 6.54. The van der Waals surface area contributed by atoms with Gasteiger partial charge >= 0.3 is 0 Å². The van der Waals surface area contributed by atoms with Gasteiger partial charge in [-0.1, -0.05) is 24.2 Å². The quantitative estimate of drug-likeness (QED) is 0.752. The highest BCUT2D eigenvalue weighted by atomic mass is 32.1. The second kappa shape index (κ2) is 7.92. The molecule has 1 aliphatic heterocycles. The molecule has 5 nitrogen and oxygen atoms in total. The van der Waals surface area contributed by atoms with E-state index in [1.54, 1.807) is 11.3 Å². The molecule has 6 heteroatoms. The Labute approximate surface area is 158 Å². The zero-order valence-corrected chi connectivity index (χ0v) is 16.1. The molecule has 1 saturated heterocycles.